The van der Waals surface area contributed by atoms with Crippen molar-refractivity contribution in [3.63, 3.8) is 0 Å². The number of thiazole rings is 1. The lowest BCUT2D eigenvalue weighted by Crippen LogP contribution is -2.33. The molecule has 106 valence electrons. The molecule has 0 aliphatic carbocycles. The van der Waals surface area contributed by atoms with Crippen molar-refractivity contribution < 1.29 is 4.79 Å². The summed E-state index contributed by atoms with van der Waals surface area (Å²) in [5.41, 5.74) is 0.604. The molecule has 0 saturated carbocycles. The van der Waals surface area contributed by atoms with Gasteiger partial charge in [-0.05, 0) is 24.8 Å². The fourth-order valence-electron chi connectivity index (χ4n) is 2.30. The van der Waals surface area contributed by atoms with Crippen LogP contribution in [0.4, 0.5) is 0 Å². The molecule has 1 aliphatic rings. The summed E-state index contributed by atoms with van der Waals surface area (Å²) in [6.45, 7) is 3.58. The second-order valence-corrected chi connectivity index (χ2v) is 8.06. The summed E-state index contributed by atoms with van der Waals surface area (Å²) in [6.07, 6.45) is 1.03. The van der Waals surface area contributed by atoms with Gasteiger partial charge in [-0.25, -0.2) is 4.98 Å². The van der Waals surface area contributed by atoms with Gasteiger partial charge in [0.1, 0.15) is 5.69 Å². The van der Waals surface area contributed by atoms with Crippen molar-refractivity contribution in [2.75, 3.05) is 18.8 Å². The molecule has 6 heteroatoms. The van der Waals surface area contributed by atoms with E-state index in [0.717, 1.165) is 30.3 Å². The van der Waals surface area contributed by atoms with Crippen LogP contribution in [0.3, 0.4) is 0 Å². The fraction of sp³-hybridized carbons (Fsp3) is 0.429. The summed E-state index contributed by atoms with van der Waals surface area (Å²) < 4.78 is 0. The molecule has 3 rings (SSSR count). The number of nitrogens with zero attached hydrogens (tertiary/aromatic N) is 2. The van der Waals surface area contributed by atoms with Crippen molar-refractivity contribution in [3.8, 4) is 0 Å². The van der Waals surface area contributed by atoms with Gasteiger partial charge in [-0.2, -0.15) is 11.8 Å². The van der Waals surface area contributed by atoms with E-state index in [1.165, 1.54) is 16.2 Å². The molecule has 1 aliphatic heterocycles. The van der Waals surface area contributed by atoms with Crippen LogP contribution in [-0.2, 0) is 0 Å². The molecule has 3 nitrogen and oxygen atoms in total. The molecular formula is C14H16N2OS3. The van der Waals surface area contributed by atoms with Crippen LogP contribution in [0.1, 0.15) is 32.0 Å². The Hall–Kier alpha value is -0.850. The Morgan fingerprint density at radius 2 is 2.30 bits per heavy atom. The molecule has 0 spiro atoms. The highest BCUT2D eigenvalue weighted by molar-refractivity contribution is 7.99. The van der Waals surface area contributed by atoms with E-state index in [9.17, 15) is 4.79 Å². The Bertz CT molecular complexity index is 579. The molecular weight excluding hydrogens is 308 g/mol. The molecule has 1 atom stereocenters. The molecule has 1 amide bonds. The Morgan fingerprint density at radius 1 is 1.40 bits per heavy atom. The first kappa shape index (κ1) is 14.1. The number of carbonyl (C=O) groups is 1. The number of aryl methyl sites for hydroxylation is 1. The summed E-state index contributed by atoms with van der Waals surface area (Å²) in [5.74, 6) is 1.08. The molecule has 1 fully saturated rings. The van der Waals surface area contributed by atoms with Crippen molar-refractivity contribution in [2.45, 2.75) is 18.6 Å². The minimum atomic E-state index is 0.0850. The molecule has 1 unspecified atom stereocenters. The van der Waals surface area contributed by atoms with Crippen LogP contribution in [0.15, 0.2) is 22.9 Å². The van der Waals surface area contributed by atoms with Gasteiger partial charge in [0.25, 0.3) is 5.91 Å². The van der Waals surface area contributed by atoms with Crippen molar-refractivity contribution >= 4 is 40.3 Å². The maximum Gasteiger partial charge on any atom is 0.273 e. The molecule has 20 heavy (non-hydrogen) atoms. The Morgan fingerprint density at radius 3 is 3.00 bits per heavy atom. The highest BCUT2D eigenvalue weighted by atomic mass is 32.2. The summed E-state index contributed by atoms with van der Waals surface area (Å²) in [4.78, 5) is 20.1. The van der Waals surface area contributed by atoms with E-state index < -0.39 is 0 Å². The monoisotopic (exact) mass is 324 g/mol. The largest absolute Gasteiger partial charge is 0.336 e. The van der Waals surface area contributed by atoms with Crippen molar-refractivity contribution in [1.29, 1.82) is 0 Å². The molecule has 1 saturated heterocycles. The Balaban J connectivity index is 1.66. The maximum atomic E-state index is 12.4. The minimum Gasteiger partial charge on any atom is -0.336 e. The highest BCUT2D eigenvalue weighted by Crippen LogP contribution is 2.36. The van der Waals surface area contributed by atoms with Gasteiger partial charge in [0, 0.05) is 34.3 Å². The fourth-order valence-corrected chi connectivity index (χ4v) is 5.12. The van der Waals surface area contributed by atoms with Crippen molar-refractivity contribution in [2.24, 2.45) is 0 Å². The molecule has 0 aromatic carbocycles. The van der Waals surface area contributed by atoms with Gasteiger partial charge in [-0.3, -0.25) is 4.79 Å². The van der Waals surface area contributed by atoms with Crippen LogP contribution >= 0.6 is 34.4 Å². The number of aromatic nitrogens is 1. The van der Waals surface area contributed by atoms with Crippen LogP contribution in [-0.4, -0.2) is 34.6 Å². The highest BCUT2D eigenvalue weighted by Gasteiger charge is 2.24. The average molecular weight is 324 g/mol. The van der Waals surface area contributed by atoms with E-state index in [0.29, 0.717) is 10.9 Å². The second-order valence-electron chi connectivity index (χ2n) is 4.71. The third kappa shape index (κ3) is 3.07. The number of amides is 1. The van der Waals surface area contributed by atoms with Crippen LogP contribution in [0.25, 0.3) is 0 Å². The van der Waals surface area contributed by atoms with E-state index in [1.807, 2.05) is 40.3 Å². The van der Waals surface area contributed by atoms with Crippen molar-refractivity contribution in [3.05, 3.63) is 38.5 Å². The predicted molar refractivity (Wildman–Crippen MR) is 86.9 cm³/mol. The molecule has 2 aromatic heterocycles. The number of thioether (sulfide) groups is 1. The van der Waals surface area contributed by atoms with E-state index in [2.05, 4.69) is 22.5 Å². The van der Waals surface area contributed by atoms with E-state index in [1.54, 1.807) is 0 Å². The van der Waals surface area contributed by atoms with Gasteiger partial charge < -0.3 is 4.90 Å². The summed E-state index contributed by atoms with van der Waals surface area (Å²) >= 11 is 5.31. The van der Waals surface area contributed by atoms with Gasteiger partial charge in [-0.1, -0.05) is 6.07 Å². The van der Waals surface area contributed by atoms with Gasteiger partial charge in [0.15, 0.2) is 0 Å². The average Bonchev–Trinajstić information content (AvgIpc) is 3.05. The first-order chi connectivity index (χ1) is 9.74. The third-order valence-corrected chi connectivity index (χ3v) is 6.55. The maximum absolute atomic E-state index is 12.4. The van der Waals surface area contributed by atoms with Crippen LogP contribution in [0.2, 0.25) is 0 Å². The summed E-state index contributed by atoms with van der Waals surface area (Å²) in [5, 5.41) is 5.48. The first-order valence-electron chi connectivity index (χ1n) is 6.60. The van der Waals surface area contributed by atoms with E-state index in [4.69, 9.17) is 0 Å². The van der Waals surface area contributed by atoms with Gasteiger partial charge in [-0.15, -0.1) is 22.7 Å². The lowest BCUT2D eigenvalue weighted by atomic mass is 10.2. The zero-order chi connectivity index (χ0) is 13.9. The Kier molecular flexibility index (Phi) is 4.43. The molecule has 0 radical (unpaired) electrons. The van der Waals surface area contributed by atoms with Crippen LogP contribution < -0.4 is 0 Å². The van der Waals surface area contributed by atoms with E-state index >= 15 is 0 Å². The van der Waals surface area contributed by atoms with Crippen molar-refractivity contribution in [1.82, 2.24) is 9.88 Å². The standard InChI is InChI=1S/C14H16N2OS3/c1-10-15-11(9-20-10)14(17)16-5-4-13(19-8-6-16)12-3-2-7-18-12/h2-3,7,9,13H,4-6,8H2,1H3. The lowest BCUT2D eigenvalue weighted by Gasteiger charge is -2.18. The zero-order valence-electron chi connectivity index (χ0n) is 11.2. The molecule has 0 bridgehead atoms. The number of thiophene rings is 1. The second kappa shape index (κ2) is 6.28. The third-order valence-electron chi connectivity index (χ3n) is 3.33. The van der Waals surface area contributed by atoms with E-state index in [-0.39, 0.29) is 5.91 Å². The number of hydrogen-bond acceptors (Lipinski definition) is 5. The number of carbonyl (C=O) groups excluding carboxylic acids is 1. The van der Waals surface area contributed by atoms with Gasteiger partial charge in [0.2, 0.25) is 0 Å². The SMILES string of the molecule is Cc1nc(C(=O)N2CCSC(c3cccs3)CC2)cs1. The zero-order valence-corrected chi connectivity index (χ0v) is 13.7. The summed E-state index contributed by atoms with van der Waals surface area (Å²) in [6, 6.07) is 4.30. The smallest absolute Gasteiger partial charge is 0.273 e. The first-order valence-corrected chi connectivity index (χ1v) is 9.41. The Labute approximate surface area is 131 Å². The molecule has 0 N–H and O–H groups in total. The topological polar surface area (TPSA) is 33.2 Å². The van der Waals surface area contributed by atoms with Gasteiger partial charge in [0.05, 0.1) is 5.01 Å². The van der Waals surface area contributed by atoms with Gasteiger partial charge >= 0.3 is 0 Å². The van der Waals surface area contributed by atoms with Crippen LogP contribution in [0.5, 0.6) is 0 Å². The normalized spacial score (nSPS) is 19.9. The lowest BCUT2D eigenvalue weighted by molar-refractivity contribution is 0.0761. The number of hydrogen-bond donors (Lipinski definition) is 0. The predicted octanol–water partition coefficient (Wildman–Crippen LogP) is 3.83. The molecule has 3 heterocycles. The molecule has 2 aromatic rings. The summed E-state index contributed by atoms with van der Waals surface area (Å²) in [7, 11) is 0. The minimum absolute atomic E-state index is 0.0850. The van der Waals surface area contributed by atoms with Crippen LogP contribution in [0, 0.1) is 6.92 Å². The quantitative estimate of drug-likeness (QED) is 0.841. The number of rotatable bonds is 2.